The van der Waals surface area contributed by atoms with Gasteiger partial charge in [0.25, 0.3) is 0 Å². The van der Waals surface area contributed by atoms with E-state index >= 15 is 0 Å². The second kappa shape index (κ2) is 6.66. The van der Waals surface area contributed by atoms with Gasteiger partial charge in [0.15, 0.2) is 0 Å². The lowest BCUT2D eigenvalue weighted by molar-refractivity contribution is 0.312. The first-order valence-corrected chi connectivity index (χ1v) is 6.04. The first-order chi connectivity index (χ1) is 7.75. The Hall–Kier alpha value is -0.870. The predicted molar refractivity (Wildman–Crippen MR) is 68.1 cm³/mol. The maximum atomic E-state index is 5.78. The SMILES string of the molecule is CC.CN1CCN(c2cncc(Cl)n2)CC1. The Labute approximate surface area is 102 Å². The minimum atomic E-state index is 0.460. The van der Waals surface area contributed by atoms with Crippen LogP contribution >= 0.6 is 11.6 Å². The van der Waals surface area contributed by atoms with Crippen LogP contribution in [0.5, 0.6) is 0 Å². The molecular weight excluding hydrogens is 224 g/mol. The van der Waals surface area contributed by atoms with Gasteiger partial charge in [-0.2, -0.15) is 0 Å². The summed E-state index contributed by atoms with van der Waals surface area (Å²) in [6.45, 7) is 8.11. The summed E-state index contributed by atoms with van der Waals surface area (Å²) >= 11 is 5.78. The second-order valence-electron chi connectivity index (χ2n) is 3.49. The highest BCUT2D eigenvalue weighted by atomic mass is 35.5. The molecule has 2 heterocycles. The standard InChI is InChI=1S/C9H13ClN4.C2H6/c1-13-2-4-14(5-3-13)9-7-11-6-8(10)12-9;1-2/h6-7H,2-5H2,1H3;1-2H3. The van der Waals surface area contributed by atoms with Crippen LogP contribution in [0.3, 0.4) is 0 Å². The van der Waals surface area contributed by atoms with E-state index < -0.39 is 0 Å². The zero-order valence-corrected chi connectivity index (χ0v) is 10.9. The molecule has 0 aliphatic carbocycles. The minimum Gasteiger partial charge on any atom is -0.353 e. The highest BCUT2D eigenvalue weighted by Gasteiger charge is 2.15. The zero-order valence-electron chi connectivity index (χ0n) is 10.1. The van der Waals surface area contributed by atoms with Crippen LogP contribution in [-0.2, 0) is 0 Å². The van der Waals surface area contributed by atoms with Gasteiger partial charge in [0, 0.05) is 26.2 Å². The first-order valence-electron chi connectivity index (χ1n) is 5.67. The number of anilines is 1. The molecule has 1 aromatic heterocycles. The van der Waals surface area contributed by atoms with Gasteiger partial charge in [-0.25, -0.2) is 4.98 Å². The molecule has 1 aromatic rings. The molecule has 16 heavy (non-hydrogen) atoms. The van der Waals surface area contributed by atoms with Crippen LogP contribution in [0.25, 0.3) is 0 Å². The number of hydrogen-bond donors (Lipinski definition) is 0. The second-order valence-corrected chi connectivity index (χ2v) is 3.88. The van der Waals surface area contributed by atoms with E-state index in [4.69, 9.17) is 11.6 Å². The van der Waals surface area contributed by atoms with Crippen LogP contribution in [0.15, 0.2) is 12.4 Å². The molecule has 90 valence electrons. The average Bonchev–Trinajstić information content (AvgIpc) is 2.32. The Morgan fingerprint density at radius 2 is 1.75 bits per heavy atom. The van der Waals surface area contributed by atoms with Crippen LogP contribution in [0.4, 0.5) is 5.82 Å². The molecule has 2 rings (SSSR count). The maximum absolute atomic E-state index is 5.78. The van der Waals surface area contributed by atoms with Crippen LogP contribution < -0.4 is 4.90 Å². The molecule has 4 nitrogen and oxygen atoms in total. The quantitative estimate of drug-likeness (QED) is 0.753. The predicted octanol–water partition coefficient (Wildman–Crippen LogP) is 1.91. The fourth-order valence-electron chi connectivity index (χ4n) is 1.52. The topological polar surface area (TPSA) is 32.3 Å². The highest BCUT2D eigenvalue weighted by molar-refractivity contribution is 6.29. The Morgan fingerprint density at radius 3 is 2.31 bits per heavy atom. The summed E-state index contributed by atoms with van der Waals surface area (Å²) in [5, 5.41) is 0.460. The van der Waals surface area contributed by atoms with E-state index in [1.807, 2.05) is 13.8 Å². The molecule has 0 spiro atoms. The van der Waals surface area contributed by atoms with E-state index in [0.717, 1.165) is 32.0 Å². The Balaban J connectivity index is 0.000000606. The van der Waals surface area contributed by atoms with Crippen molar-refractivity contribution in [1.82, 2.24) is 14.9 Å². The summed E-state index contributed by atoms with van der Waals surface area (Å²) < 4.78 is 0. The van der Waals surface area contributed by atoms with E-state index in [2.05, 4.69) is 26.8 Å². The third-order valence-corrected chi connectivity index (χ3v) is 2.60. The number of nitrogens with zero attached hydrogens (tertiary/aromatic N) is 4. The molecule has 0 amide bonds. The zero-order chi connectivity index (χ0) is 12.0. The van der Waals surface area contributed by atoms with Gasteiger partial charge < -0.3 is 9.80 Å². The number of rotatable bonds is 1. The summed E-state index contributed by atoms with van der Waals surface area (Å²) in [7, 11) is 2.13. The summed E-state index contributed by atoms with van der Waals surface area (Å²) in [6.07, 6.45) is 3.32. The Kier molecular flexibility index (Phi) is 5.49. The minimum absolute atomic E-state index is 0.460. The third kappa shape index (κ3) is 3.61. The van der Waals surface area contributed by atoms with Gasteiger partial charge in [-0.05, 0) is 7.05 Å². The lowest BCUT2D eigenvalue weighted by atomic mass is 10.3. The average molecular weight is 243 g/mol. The largest absolute Gasteiger partial charge is 0.353 e. The fraction of sp³-hybridized carbons (Fsp3) is 0.636. The van der Waals surface area contributed by atoms with Crippen molar-refractivity contribution in [3.8, 4) is 0 Å². The van der Waals surface area contributed by atoms with Gasteiger partial charge in [-0.1, -0.05) is 25.4 Å². The van der Waals surface area contributed by atoms with Gasteiger partial charge in [0.2, 0.25) is 0 Å². The molecule has 1 fully saturated rings. The van der Waals surface area contributed by atoms with Crippen molar-refractivity contribution in [1.29, 1.82) is 0 Å². The molecule has 5 heteroatoms. The molecule has 0 aromatic carbocycles. The monoisotopic (exact) mass is 242 g/mol. The molecule has 0 saturated carbocycles. The summed E-state index contributed by atoms with van der Waals surface area (Å²) in [5.74, 6) is 0.880. The molecule has 0 N–H and O–H groups in total. The molecule has 0 atom stereocenters. The molecule has 0 unspecified atom stereocenters. The van der Waals surface area contributed by atoms with E-state index in [-0.39, 0.29) is 0 Å². The number of aromatic nitrogens is 2. The van der Waals surface area contributed by atoms with Gasteiger partial charge in [0.05, 0.1) is 12.4 Å². The van der Waals surface area contributed by atoms with Crippen molar-refractivity contribution in [2.24, 2.45) is 0 Å². The van der Waals surface area contributed by atoms with Gasteiger partial charge >= 0.3 is 0 Å². The first kappa shape index (κ1) is 13.2. The summed E-state index contributed by atoms with van der Waals surface area (Å²) in [5.41, 5.74) is 0. The smallest absolute Gasteiger partial charge is 0.149 e. The van der Waals surface area contributed by atoms with Crippen molar-refractivity contribution in [2.45, 2.75) is 13.8 Å². The molecule has 0 radical (unpaired) electrons. The third-order valence-electron chi connectivity index (χ3n) is 2.42. The Bertz CT molecular complexity index is 311. The number of likely N-dealkylation sites (N-methyl/N-ethyl adjacent to an activating group) is 1. The number of piperazine rings is 1. The molecule has 1 aliphatic rings. The highest BCUT2D eigenvalue weighted by Crippen LogP contribution is 2.13. The van der Waals surface area contributed by atoms with E-state index in [1.54, 1.807) is 12.4 Å². The molecule has 0 bridgehead atoms. The van der Waals surface area contributed by atoms with E-state index in [9.17, 15) is 0 Å². The van der Waals surface area contributed by atoms with Crippen LogP contribution in [0.1, 0.15) is 13.8 Å². The van der Waals surface area contributed by atoms with Crippen molar-refractivity contribution >= 4 is 17.4 Å². The van der Waals surface area contributed by atoms with Crippen molar-refractivity contribution in [3.05, 3.63) is 17.5 Å². The lowest BCUT2D eigenvalue weighted by Gasteiger charge is -2.32. The van der Waals surface area contributed by atoms with Crippen molar-refractivity contribution in [3.63, 3.8) is 0 Å². The molecule has 1 aliphatic heterocycles. The van der Waals surface area contributed by atoms with Crippen LogP contribution in [-0.4, -0.2) is 48.1 Å². The Morgan fingerprint density at radius 1 is 1.12 bits per heavy atom. The lowest BCUT2D eigenvalue weighted by Crippen LogP contribution is -2.44. The summed E-state index contributed by atoms with van der Waals surface area (Å²) in [4.78, 5) is 12.8. The van der Waals surface area contributed by atoms with E-state index in [0.29, 0.717) is 5.15 Å². The summed E-state index contributed by atoms with van der Waals surface area (Å²) in [6, 6.07) is 0. The van der Waals surface area contributed by atoms with Gasteiger partial charge in [-0.15, -0.1) is 0 Å². The molecular formula is C11H19ClN4. The molecule has 1 saturated heterocycles. The maximum Gasteiger partial charge on any atom is 0.149 e. The van der Waals surface area contributed by atoms with Crippen LogP contribution in [0.2, 0.25) is 5.15 Å². The van der Waals surface area contributed by atoms with Gasteiger partial charge in [0.1, 0.15) is 11.0 Å². The number of hydrogen-bond acceptors (Lipinski definition) is 4. The van der Waals surface area contributed by atoms with Crippen molar-refractivity contribution < 1.29 is 0 Å². The van der Waals surface area contributed by atoms with Crippen molar-refractivity contribution in [2.75, 3.05) is 38.1 Å². The fourth-order valence-corrected chi connectivity index (χ4v) is 1.66. The van der Waals surface area contributed by atoms with E-state index in [1.165, 1.54) is 0 Å². The van der Waals surface area contributed by atoms with Crippen LogP contribution in [0, 0.1) is 0 Å². The normalized spacial score (nSPS) is 16.6. The van der Waals surface area contributed by atoms with Gasteiger partial charge in [-0.3, -0.25) is 4.98 Å². The number of halogens is 1.